The van der Waals surface area contributed by atoms with Gasteiger partial charge >= 0.3 is 0 Å². The maximum atomic E-state index is 6.28. The summed E-state index contributed by atoms with van der Waals surface area (Å²) in [5.41, 5.74) is 1.19. The smallest absolute Gasteiger partial charge is 0.138 e. The molecule has 0 unspecified atom stereocenters. The van der Waals surface area contributed by atoms with Gasteiger partial charge in [-0.3, -0.25) is 0 Å². The first-order chi connectivity index (χ1) is 9.51. The Morgan fingerprint density at radius 3 is 2.70 bits per heavy atom. The number of rotatable bonds is 7. The predicted molar refractivity (Wildman–Crippen MR) is 85.7 cm³/mol. The summed E-state index contributed by atoms with van der Waals surface area (Å²) in [6.45, 7) is 8.62. The minimum Gasteiger partial charge on any atom is -0.486 e. The van der Waals surface area contributed by atoms with Gasteiger partial charge in [0.1, 0.15) is 11.4 Å². The maximum Gasteiger partial charge on any atom is 0.138 e. The third-order valence-electron chi connectivity index (χ3n) is 3.99. The van der Waals surface area contributed by atoms with E-state index in [1.165, 1.54) is 12.0 Å². The van der Waals surface area contributed by atoms with Crippen molar-refractivity contribution in [3.05, 3.63) is 28.8 Å². The standard InChI is InChI=1S/C17H26ClNO/c1-13(2)12-19-10-9-17(7-4-8-17)20-16-11-14(3)5-6-15(16)18/h5-6,11,13,19H,4,7-10,12H2,1-3H3. The van der Waals surface area contributed by atoms with Gasteiger partial charge in [0, 0.05) is 0 Å². The Labute approximate surface area is 127 Å². The van der Waals surface area contributed by atoms with Crippen molar-refractivity contribution in [3.8, 4) is 5.75 Å². The van der Waals surface area contributed by atoms with Crippen LogP contribution in [0.15, 0.2) is 18.2 Å². The summed E-state index contributed by atoms with van der Waals surface area (Å²) >= 11 is 6.25. The highest BCUT2D eigenvalue weighted by atomic mass is 35.5. The van der Waals surface area contributed by atoms with E-state index < -0.39 is 0 Å². The normalized spacial score (nSPS) is 17.1. The third-order valence-corrected chi connectivity index (χ3v) is 4.30. The summed E-state index contributed by atoms with van der Waals surface area (Å²) in [4.78, 5) is 0. The van der Waals surface area contributed by atoms with E-state index in [0.29, 0.717) is 5.92 Å². The Balaban J connectivity index is 1.92. The highest BCUT2D eigenvalue weighted by Crippen LogP contribution is 2.41. The Morgan fingerprint density at radius 2 is 2.10 bits per heavy atom. The van der Waals surface area contributed by atoms with E-state index in [-0.39, 0.29) is 5.60 Å². The molecule has 1 aliphatic carbocycles. The number of benzene rings is 1. The van der Waals surface area contributed by atoms with Crippen LogP contribution in [0.2, 0.25) is 5.02 Å². The molecule has 1 saturated carbocycles. The molecule has 0 heterocycles. The highest BCUT2D eigenvalue weighted by molar-refractivity contribution is 6.32. The lowest BCUT2D eigenvalue weighted by atomic mass is 9.77. The van der Waals surface area contributed by atoms with Crippen molar-refractivity contribution < 1.29 is 4.74 Å². The fourth-order valence-corrected chi connectivity index (χ4v) is 2.76. The van der Waals surface area contributed by atoms with Crippen LogP contribution in [-0.2, 0) is 0 Å². The van der Waals surface area contributed by atoms with Crippen molar-refractivity contribution >= 4 is 11.6 Å². The van der Waals surface area contributed by atoms with Crippen LogP contribution in [0.25, 0.3) is 0 Å². The fourth-order valence-electron chi connectivity index (χ4n) is 2.60. The minimum atomic E-state index is 0.00140. The van der Waals surface area contributed by atoms with Crippen LogP contribution in [0.1, 0.15) is 45.1 Å². The van der Waals surface area contributed by atoms with E-state index in [9.17, 15) is 0 Å². The molecule has 0 aliphatic heterocycles. The average molecular weight is 296 g/mol. The molecule has 20 heavy (non-hydrogen) atoms. The number of ether oxygens (including phenoxy) is 1. The molecule has 0 amide bonds. The number of aryl methyl sites for hydroxylation is 1. The van der Waals surface area contributed by atoms with Crippen LogP contribution in [0.5, 0.6) is 5.75 Å². The molecular formula is C17H26ClNO. The average Bonchev–Trinajstić information content (AvgIpc) is 2.35. The predicted octanol–water partition coefficient (Wildman–Crippen LogP) is 4.59. The van der Waals surface area contributed by atoms with Gasteiger partial charge in [-0.15, -0.1) is 0 Å². The zero-order chi connectivity index (χ0) is 14.6. The van der Waals surface area contributed by atoms with Crippen LogP contribution < -0.4 is 10.1 Å². The second-order valence-electron chi connectivity index (χ2n) is 6.42. The van der Waals surface area contributed by atoms with Crippen LogP contribution in [-0.4, -0.2) is 18.7 Å². The Hall–Kier alpha value is -0.730. The van der Waals surface area contributed by atoms with E-state index >= 15 is 0 Å². The van der Waals surface area contributed by atoms with E-state index in [2.05, 4.69) is 26.1 Å². The molecule has 0 radical (unpaired) electrons. The second kappa shape index (κ2) is 6.82. The van der Waals surface area contributed by atoms with E-state index in [0.717, 1.165) is 43.1 Å². The molecule has 0 aromatic heterocycles. The Morgan fingerprint density at radius 1 is 1.35 bits per heavy atom. The lowest BCUT2D eigenvalue weighted by Gasteiger charge is -2.42. The lowest BCUT2D eigenvalue weighted by molar-refractivity contribution is -0.0142. The Bertz CT molecular complexity index is 441. The van der Waals surface area contributed by atoms with Crippen LogP contribution >= 0.6 is 11.6 Å². The van der Waals surface area contributed by atoms with Crippen molar-refractivity contribution in [2.75, 3.05) is 13.1 Å². The molecule has 1 fully saturated rings. The molecule has 1 aromatic rings. The summed E-state index contributed by atoms with van der Waals surface area (Å²) in [7, 11) is 0. The van der Waals surface area contributed by atoms with Gasteiger partial charge in [0.2, 0.25) is 0 Å². The first-order valence-corrected chi connectivity index (χ1v) is 8.04. The lowest BCUT2D eigenvalue weighted by Crippen LogP contribution is -2.45. The summed E-state index contributed by atoms with van der Waals surface area (Å²) in [6.07, 6.45) is 4.60. The molecule has 0 atom stereocenters. The fraction of sp³-hybridized carbons (Fsp3) is 0.647. The quantitative estimate of drug-likeness (QED) is 0.743. The number of hydrogen-bond acceptors (Lipinski definition) is 2. The molecule has 2 rings (SSSR count). The van der Waals surface area contributed by atoms with Crippen LogP contribution in [0.4, 0.5) is 0 Å². The molecule has 1 N–H and O–H groups in total. The van der Waals surface area contributed by atoms with E-state index in [1.807, 2.05) is 18.2 Å². The molecule has 2 nitrogen and oxygen atoms in total. The summed E-state index contributed by atoms with van der Waals surface area (Å²) in [6, 6.07) is 5.99. The van der Waals surface area contributed by atoms with E-state index in [4.69, 9.17) is 16.3 Å². The van der Waals surface area contributed by atoms with Crippen LogP contribution in [0, 0.1) is 12.8 Å². The van der Waals surface area contributed by atoms with Gasteiger partial charge in [-0.25, -0.2) is 0 Å². The topological polar surface area (TPSA) is 21.3 Å². The molecule has 1 aromatic carbocycles. The molecule has 0 saturated heterocycles. The van der Waals surface area contributed by atoms with Gasteiger partial charge < -0.3 is 10.1 Å². The summed E-state index contributed by atoms with van der Waals surface area (Å²) < 4.78 is 6.28. The first kappa shape index (κ1) is 15.7. The SMILES string of the molecule is Cc1ccc(Cl)c(OC2(CCNCC(C)C)CCC2)c1. The summed E-state index contributed by atoms with van der Waals surface area (Å²) in [5.74, 6) is 1.54. The number of halogens is 1. The van der Waals surface area contributed by atoms with Gasteiger partial charge in [-0.05, 0) is 69.3 Å². The number of hydrogen-bond donors (Lipinski definition) is 1. The van der Waals surface area contributed by atoms with Gasteiger partial charge in [-0.2, -0.15) is 0 Å². The molecule has 0 spiro atoms. The summed E-state index contributed by atoms with van der Waals surface area (Å²) in [5, 5.41) is 4.23. The maximum absolute atomic E-state index is 6.28. The number of nitrogens with one attached hydrogen (secondary N) is 1. The van der Waals surface area contributed by atoms with Crippen LogP contribution in [0.3, 0.4) is 0 Å². The zero-order valence-corrected chi connectivity index (χ0v) is 13.6. The third kappa shape index (κ3) is 4.13. The molecule has 112 valence electrons. The minimum absolute atomic E-state index is 0.00140. The monoisotopic (exact) mass is 295 g/mol. The molecular weight excluding hydrogens is 270 g/mol. The molecule has 3 heteroatoms. The second-order valence-corrected chi connectivity index (χ2v) is 6.83. The highest BCUT2D eigenvalue weighted by Gasteiger charge is 2.39. The Kier molecular flexibility index (Phi) is 5.34. The zero-order valence-electron chi connectivity index (χ0n) is 12.8. The van der Waals surface area contributed by atoms with Gasteiger partial charge in [0.25, 0.3) is 0 Å². The largest absolute Gasteiger partial charge is 0.486 e. The van der Waals surface area contributed by atoms with Gasteiger partial charge in [0.05, 0.1) is 5.02 Å². The van der Waals surface area contributed by atoms with Crippen molar-refractivity contribution in [2.45, 2.75) is 52.1 Å². The molecule has 0 bridgehead atoms. The first-order valence-electron chi connectivity index (χ1n) is 7.67. The van der Waals surface area contributed by atoms with E-state index in [1.54, 1.807) is 0 Å². The van der Waals surface area contributed by atoms with Crippen molar-refractivity contribution in [1.82, 2.24) is 5.32 Å². The van der Waals surface area contributed by atoms with Crippen molar-refractivity contribution in [2.24, 2.45) is 5.92 Å². The van der Waals surface area contributed by atoms with Gasteiger partial charge in [0.15, 0.2) is 0 Å². The van der Waals surface area contributed by atoms with Gasteiger partial charge in [-0.1, -0.05) is 31.5 Å². The van der Waals surface area contributed by atoms with Crippen molar-refractivity contribution in [3.63, 3.8) is 0 Å². The molecule has 1 aliphatic rings. The van der Waals surface area contributed by atoms with Crippen molar-refractivity contribution in [1.29, 1.82) is 0 Å².